The van der Waals surface area contributed by atoms with Gasteiger partial charge in [0.15, 0.2) is 0 Å². The molecule has 2 aromatic carbocycles. The molecule has 1 N–H and O–H groups in total. The van der Waals surface area contributed by atoms with Crippen molar-refractivity contribution in [3.8, 4) is 0 Å². The Balaban J connectivity index is 1.46. The Hall–Kier alpha value is -2.79. The maximum atomic E-state index is 12.6. The van der Waals surface area contributed by atoms with Gasteiger partial charge in [-0.3, -0.25) is 4.79 Å². The number of rotatable bonds is 5. The third-order valence-electron chi connectivity index (χ3n) is 4.76. The Kier molecular flexibility index (Phi) is 6.05. The molecule has 3 aromatic rings. The Morgan fingerprint density at radius 1 is 1.16 bits per heavy atom. The van der Waals surface area contributed by atoms with Crippen LogP contribution in [-0.4, -0.2) is 55.0 Å². The molecule has 0 unspecified atom stereocenters. The minimum absolute atomic E-state index is 0.0864. The predicted molar refractivity (Wildman–Crippen MR) is 113 cm³/mol. The van der Waals surface area contributed by atoms with Crippen LogP contribution in [0.3, 0.4) is 0 Å². The largest absolute Gasteiger partial charge is 0.454 e. The highest BCUT2D eigenvalue weighted by atomic mass is 35.5. The minimum Gasteiger partial charge on any atom is -0.454 e. The van der Waals surface area contributed by atoms with Crippen molar-refractivity contribution in [2.45, 2.75) is 11.5 Å². The molecule has 1 aliphatic heterocycles. The summed E-state index contributed by atoms with van der Waals surface area (Å²) in [7, 11) is -3.65. The highest BCUT2D eigenvalue weighted by molar-refractivity contribution is 7.89. The summed E-state index contributed by atoms with van der Waals surface area (Å²) >= 11 is 5.94. The van der Waals surface area contributed by atoms with E-state index in [0.29, 0.717) is 29.1 Å². The van der Waals surface area contributed by atoms with E-state index in [2.05, 4.69) is 9.97 Å². The molecule has 1 saturated heterocycles. The molecule has 1 aromatic heterocycles. The maximum absolute atomic E-state index is 12.6. The fourth-order valence-electron chi connectivity index (χ4n) is 3.15. The molecule has 0 amide bonds. The van der Waals surface area contributed by atoms with Gasteiger partial charge in [-0.05, 0) is 42.5 Å². The van der Waals surface area contributed by atoms with Crippen molar-refractivity contribution in [1.82, 2.24) is 14.3 Å². The zero-order chi connectivity index (χ0) is 22.0. The average Bonchev–Trinajstić information content (AvgIpc) is 2.78. The van der Waals surface area contributed by atoms with E-state index < -0.39 is 16.0 Å². The van der Waals surface area contributed by atoms with Crippen LogP contribution in [0.1, 0.15) is 16.2 Å². The van der Waals surface area contributed by atoms with E-state index in [1.807, 2.05) is 0 Å². The average molecular weight is 464 g/mol. The number of carbonyl (C=O) groups excluding carboxylic acids is 1. The number of esters is 1. The van der Waals surface area contributed by atoms with Crippen molar-refractivity contribution in [1.29, 1.82) is 0 Å². The van der Waals surface area contributed by atoms with Gasteiger partial charge in [0.2, 0.25) is 10.0 Å². The van der Waals surface area contributed by atoms with E-state index in [9.17, 15) is 18.0 Å². The first-order valence-corrected chi connectivity index (χ1v) is 11.2. The number of fused-ring (bicyclic) bond motifs is 1. The minimum atomic E-state index is -3.65. The van der Waals surface area contributed by atoms with Crippen molar-refractivity contribution < 1.29 is 22.7 Å². The monoisotopic (exact) mass is 463 g/mol. The molecule has 4 rings (SSSR count). The maximum Gasteiger partial charge on any atom is 0.338 e. The van der Waals surface area contributed by atoms with Gasteiger partial charge in [0.1, 0.15) is 12.4 Å². The number of ether oxygens (including phenoxy) is 2. The Bertz CT molecular complexity index is 1280. The number of nitrogens with zero attached hydrogens (tertiary/aromatic N) is 2. The number of H-pyrrole nitrogens is 1. The molecule has 0 atom stereocenters. The first-order valence-electron chi connectivity index (χ1n) is 9.38. The van der Waals surface area contributed by atoms with Crippen molar-refractivity contribution in [2.24, 2.45) is 0 Å². The second-order valence-electron chi connectivity index (χ2n) is 6.79. The van der Waals surface area contributed by atoms with E-state index in [1.165, 1.54) is 28.6 Å². The number of aromatic amines is 1. The fourth-order valence-corrected chi connectivity index (χ4v) is 4.72. The van der Waals surface area contributed by atoms with E-state index in [-0.39, 0.29) is 41.5 Å². The normalized spacial score (nSPS) is 15.1. The molecule has 9 nitrogen and oxygen atoms in total. The fraction of sp³-hybridized carbons (Fsp3) is 0.250. The quantitative estimate of drug-likeness (QED) is 0.574. The third kappa shape index (κ3) is 4.62. The molecular weight excluding hydrogens is 446 g/mol. The number of carbonyl (C=O) groups is 1. The van der Waals surface area contributed by atoms with Crippen molar-refractivity contribution >= 4 is 38.5 Å². The molecule has 0 bridgehead atoms. The SMILES string of the molecule is O=C(OCc1nc2cc(Cl)ccc2c(=O)[nH]1)c1ccc(S(=O)(=O)N2CCOCC2)cc1. The van der Waals surface area contributed by atoms with Gasteiger partial charge >= 0.3 is 5.97 Å². The van der Waals surface area contributed by atoms with Gasteiger partial charge < -0.3 is 14.5 Å². The number of aromatic nitrogens is 2. The van der Waals surface area contributed by atoms with E-state index in [4.69, 9.17) is 21.1 Å². The van der Waals surface area contributed by atoms with Crippen LogP contribution in [0.25, 0.3) is 10.9 Å². The molecule has 2 heterocycles. The second kappa shape index (κ2) is 8.75. The van der Waals surface area contributed by atoms with Gasteiger partial charge in [-0.15, -0.1) is 0 Å². The Labute approximate surface area is 182 Å². The third-order valence-corrected chi connectivity index (χ3v) is 6.90. The van der Waals surface area contributed by atoms with E-state index in [0.717, 1.165) is 0 Å². The summed E-state index contributed by atoms with van der Waals surface area (Å²) in [5, 5.41) is 0.803. The zero-order valence-electron chi connectivity index (χ0n) is 16.2. The van der Waals surface area contributed by atoms with Crippen LogP contribution >= 0.6 is 11.6 Å². The standard InChI is InChI=1S/C20H18ClN3O6S/c21-14-3-6-16-17(11-14)22-18(23-19(16)25)12-30-20(26)13-1-4-15(5-2-13)31(27,28)24-7-9-29-10-8-24/h1-6,11H,7-10,12H2,(H,22,23,25). The summed E-state index contributed by atoms with van der Waals surface area (Å²) in [6.45, 7) is 1.01. The summed E-state index contributed by atoms with van der Waals surface area (Å²) in [5.41, 5.74) is 0.192. The lowest BCUT2D eigenvalue weighted by Crippen LogP contribution is -2.40. The number of morpholine rings is 1. The van der Waals surface area contributed by atoms with Crippen LogP contribution in [0, 0.1) is 0 Å². The summed E-state index contributed by atoms with van der Waals surface area (Å²) in [5.74, 6) is -0.510. The lowest BCUT2D eigenvalue weighted by molar-refractivity contribution is 0.0462. The smallest absolute Gasteiger partial charge is 0.338 e. The number of hydrogen-bond acceptors (Lipinski definition) is 7. The van der Waals surface area contributed by atoms with Crippen LogP contribution in [-0.2, 0) is 26.1 Å². The van der Waals surface area contributed by atoms with Crippen LogP contribution < -0.4 is 5.56 Å². The number of hydrogen-bond donors (Lipinski definition) is 1. The summed E-state index contributed by atoms with van der Waals surface area (Å²) in [4.78, 5) is 31.4. The van der Waals surface area contributed by atoms with Gasteiger partial charge in [-0.25, -0.2) is 18.2 Å². The molecule has 0 spiro atoms. The molecule has 31 heavy (non-hydrogen) atoms. The van der Waals surface area contributed by atoms with Gasteiger partial charge in [0.25, 0.3) is 5.56 Å². The van der Waals surface area contributed by atoms with Crippen LogP contribution in [0.4, 0.5) is 0 Å². The zero-order valence-corrected chi connectivity index (χ0v) is 17.8. The van der Waals surface area contributed by atoms with Crippen LogP contribution in [0.2, 0.25) is 5.02 Å². The Morgan fingerprint density at radius 3 is 2.58 bits per heavy atom. The molecule has 0 saturated carbocycles. The Morgan fingerprint density at radius 2 is 1.87 bits per heavy atom. The molecule has 162 valence electrons. The number of sulfonamides is 1. The summed E-state index contributed by atoms with van der Waals surface area (Å²) in [6, 6.07) is 10.2. The van der Waals surface area contributed by atoms with Crippen molar-refractivity contribution in [2.75, 3.05) is 26.3 Å². The number of nitrogens with one attached hydrogen (secondary N) is 1. The topological polar surface area (TPSA) is 119 Å². The van der Waals surface area contributed by atoms with Crippen molar-refractivity contribution in [3.63, 3.8) is 0 Å². The number of halogens is 1. The number of benzene rings is 2. The van der Waals surface area contributed by atoms with Gasteiger partial charge in [0, 0.05) is 18.1 Å². The van der Waals surface area contributed by atoms with Gasteiger partial charge in [-0.2, -0.15) is 4.31 Å². The highest BCUT2D eigenvalue weighted by Crippen LogP contribution is 2.18. The summed E-state index contributed by atoms with van der Waals surface area (Å²) < 4.78 is 37.0. The highest BCUT2D eigenvalue weighted by Gasteiger charge is 2.26. The molecule has 0 radical (unpaired) electrons. The molecule has 1 aliphatic rings. The van der Waals surface area contributed by atoms with Crippen molar-refractivity contribution in [3.05, 3.63) is 69.2 Å². The van der Waals surface area contributed by atoms with Gasteiger partial charge in [-0.1, -0.05) is 11.6 Å². The molecule has 0 aliphatic carbocycles. The predicted octanol–water partition coefficient (Wildman–Crippen LogP) is 1.95. The lowest BCUT2D eigenvalue weighted by Gasteiger charge is -2.26. The van der Waals surface area contributed by atoms with Gasteiger partial charge in [0.05, 0.1) is 34.6 Å². The van der Waals surface area contributed by atoms with E-state index >= 15 is 0 Å². The first-order chi connectivity index (χ1) is 14.8. The first kappa shape index (κ1) is 21.4. The van der Waals surface area contributed by atoms with Crippen LogP contribution in [0.15, 0.2) is 52.2 Å². The van der Waals surface area contributed by atoms with Crippen LogP contribution in [0.5, 0.6) is 0 Å². The molecule has 1 fully saturated rings. The second-order valence-corrected chi connectivity index (χ2v) is 9.17. The summed E-state index contributed by atoms with van der Waals surface area (Å²) in [6.07, 6.45) is 0. The molecule has 11 heteroatoms. The lowest BCUT2D eigenvalue weighted by atomic mass is 10.2. The van der Waals surface area contributed by atoms with E-state index in [1.54, 1.807) is 18.2 Å². The molecular formula is C20H18ClN3O6S.